The molecule has 1 aliphatic rings. The number of nitro benzene ring substituents is 1. The summed E-state index contributed by atoms with van der Waals surface area (Å²) in [5.74, 6) is 0.848. The number of aliphatic hydroxyl groups excluding tert-OH is 1. The van der Waals surface area contributed by atoms with E-state index in [-0.39, 0.29) is 17.7 Å². The van der Waals surface area contributed by atoms with Crippen molar-refractivity contribution in [3.05, 3.63) is 22.2 Å². The number of nitro groups is 1. The molecule has 7 heteroatoms. The number of anilines is 1. The molecule has 116 valence electrons. The van der Waals surface area contributed by atoms with Crippen molar-refractivity contribution in [2.75, 3.05) is 32.2 Å². The van der Waals surface area contributed by atoms with E-state index in [9.17, 15) is 15.2 Å². The van der Waals surface area contributed by atoms with Gasteiger partial charge in [-0.05, 0) is 12.3 Å². The number of rotatable bonds is 4. The number of nitrogens with zero attached hydrogens (tertiary/aromatic N) is 2. The zero-order valence-corrected chi connectivity index (χ0v) is 12.4. The van der Waals surface area contributed by atoms with E-state index in [1.165, 1.54) is 20.3 Å². The molecule has 2 unspecified atom stereocenters. The molecular weight excluding hydrogens is 276 g/mol. The lowest BCUT2D eigenvalue weighted by Crippen LogP contribution is -2.42. The quantitative estimate of drug-likeness (QED) is 0.674. The molecule has 1 fully saturated rings. The summed E-state index contributed by atoms with van der Waals surface area (Å²) in [6, 6.07) is 3.01. The molecule has 1 N–H and O–H groups in total. The van der Waals surface area contributed by atoms with Gasteiger partial charge < -0.3 is 19.5 Å². The summed E-state index contributed by atoms with van der Waals surface area (Å²) in [5, 5.41) is 21.1. The molecule has 0 radical (unpaired) electrons. The number of benzene rings is 1. The Kier molecular flexibility index (Phi) is 4.52. The van der Waals surface area contributed by atoms with Gasteiger partial charge in [0.15, 0.2) is 11.5 Å². The Hall–Kier alpha value is -2.02. The van der Waals surface area contributed by atoms with Crippen LogP contribution < -0.4 is 14.4 Å². The summed E-state index contributed by atoms with van der Waals surface area (Å²) in [5.41, 5.74) is 0.479. The average Bonchev–Trinajstić information content (AvgIpc) is 2.48. The summed E-state index contributed by atoms with van der Waals surface area (Å²) >= 11 is 0. The Labute approximate surface area is 123 Å². The van der Waals surface area contributed by atoms with Gasteiger partial charge in [-0.25, -0.2) is 0 Å². The van der Waals surface area contributed by atoms with Gasteiger partial charge in [-0.1, -0.05) is 6.92 Å². The monoisotopic (exact) mass is 296 g/mol. The van der Waals surface area contributed by atoms with E-state index in [0.29, 0.717) is 36.7 Å². The molecule has 0 amide bonds. The SMILES string of the molecule is COc1cc(N2CCC(O)C(C)C2)c([N+](=O)[O-])cc1OC. The van der Waals surface area contributed by atoms with Gasteiger partial charge in [-0.15, -0.1) is 0 Å². The average molecular weight is 296 g/mol. The molecule has 0 spiro atoms. The van der Waals surface area contributed by atoms with Gasteiger partial charge in [0.2, 0.25) is 0 Å². The Morgan fingerprint density at radius 3 is 2.48 bits per heavy atom. The highest BCUT2D eigenvalue weighted by atomic mass is 16.6. The minimum absolute atomic E-state index is 0.0174. The van der Waals surface area contributed by atoms with Gasteiger partial charge >= 0.3 is 0 Å². The van der Waals surface area contributed by atoms with Gasteiger partial charge in [0, 0.05) is 19.2 Å². The molecule has 0 aliphatic carbocycles. The summed E-state index contributed by atoms with van der Waals surface area (Å²) in [6.07, 6.45) is 0.229. The first-order chi connectivity index (χ1) is 9.97. The molecule has 0 aromatic heterocycles. The van der Waals surface area contributed by atoms with Crippen LogP contribution >= 0.6 is 0 Å². The summed E-state index contributed by atoms with van der Waals surface area (Å²) in [6.45, 7) is 3.07. The summed E-state index contributed by atoms with van der Waals surface area (Å²) < 4.78 is 10.3. The van der Waals surface area contributed by atoms with Crippen LogP contribution in [0.4, 0.5) is 11.4 Å². The highest BCUT2D eigenvalue weighted by Gasteiger charge is 2.30. The van der Waals surface area contributed by atoms with Gasteiger partial charge in [0.05, 0.1) is 31.3 Å². The van der Waals surface area contributed by atoms with Crippen molar-refractivity contribution in [2.45, 2.75) is 19.4 Å². The first kappa shape index (κ1) is 15.4. The summed E-state index contributed by atoms with van der Waals surface area (Å²) in [7, 11) is 2.94. The maximum Gasteiger partial charge on any atom is 0.296 e. The minimum atomic E-state index is -0.424. The van der Waals surface area contributed by atoms with Gasteiger partial charge in [0.25, 0.3) is 5.69 Å². The van der Waals surface area contributed by atoms with E-state index >= 15 is 0 Å². The van der Waals surface area contributed by atoms with Crippen LogP contribution in [-0.2, 0) is 0 Å². The third kappa shape index (κ3) is 3.02. The molecule has 0 bridgehead atoms. The second kappa shape index (κ2) is 6.17. The van der Waals surface area contributed by atoms with Crippen molar-refractivity contribution in [2.24, 2.45) is 5.92 Å². The van der Waals surface area contributed by atoms with Crippen LogP contribution in [-0.4, -0.2) is 43.4 Å². The first-order valence-electron chi connectivity index (χ1n) is 6.81. The van der Waals surface area contributed by atoms with Crippen molar-refractivity contribution in [3.63, 3.8) is 0 Å². The van der Waals surface area contributed by atoms with E-state index in [2.05, 4.69) is 0 Å². The normalized spacial score (nSPS) is 22.0. The maximum atomic E-state index is 11.3. The lowest BCUT2D eigenvalue weighted by molar-refractivity contribution is -0.384. The topological polar surface area (TPSA) is 85.1 Å². The molecule has 7 nitrogen and oxygen atoms in total. The largest absolute Gasteiger partial charge is 0.493 e. The molecule has 1 aliphatic heterocycles. The van der Waals surface area contributed by atoms with E-state index < -0.39 is 4.92 Å². The predicted octanol–water partition coefficient (Wildman–Crippen LogP) is 1.82. The minimum Gasteiger partial charge on any atom is -0.493 e. The third-order valence-electron chi connectivity index (χ3n) is 3.88. The standard InChI is InChI=1S/C14H20N2O5/c1-9-8-15(5-4-12(9)17)10-6-13(20-2)14(21-3)7-11(10)16(18)19/h6-7,9,12,17H,4-5,8H2,1-3H3. The van der Waals surface area contributed by atoms with Gasteiger partial charge in [-0.3, -0.25) is 10.1 Å². The van der Waals surface area contributed by atoms with E-state index in [1.54, 1.807) is 6.07 Å². The third-order valence-corrected chi connectivity index (χ3v) is 3.88. The van der Waals surface area contributed by atoms with Crippen LogP contribution in [0.2, 0.25) is 0 Å². The maximum absolute atomic E-state index is 11.3. The predicted molar refractivity (Wildman–Crippen MR) is 78.2 cm³/mol. The first-order valence-corrected chi connectivity index (χ1v) is 6.81. The zero-order chi connectivity index (χ0) is 15.6. The number of piperidine rings is 1. The van der Waals surface area contributed by atoms with Crippen molar-refractivity contribution in [3.8, 4) is 11.5 Å². The lowest BCUT2D eigenvalue weighted by atomic mass is 9.96. The Morgan fingerprint density at radius 2 is 1.95 bits per heavy atom. The molecule has 1 aromatic rings. The zero-order valence-electron chi connectivity index (χ0n) is 12.4. The molecule has 0 saturated carbocycles. The molecule has 2 atom stereocenters. The number of aliphatic hydroxyl groups is 1. The number of hydrogen-bond donors (Lipinski definition) is 1. The van der Waals surface area contributed by atoms with E-state index in [1.807, 2.05) is 11.8 Å². The molecular formula is C14H20N2O5. The second-order valence-corrected chi connectivity index (χ2v) is 5.23. The molecule has 21 heavy (non-hydrogen) atoms. The molecule has 1 saturated heterocycles. The van der Waals surface area contributed by atoms with Crippen molar-refractivity contribution < 1.29 is 19.5 Å². The molecule has 1 aromatic carbocycles. The Bertz CT molecular complexity index is 534. The number of hydrogen-bond acceptors (Lipinski definition) is 6. The number of methoxy groups -OCH3 is 2. The second-order valence-electron chi connectivity index (χ2n) is 5.23. The van der Waals surface area contributed by atoms with Crippen LogP contribution in [0.5, 0.6) is 11.5 Å². The fourth-order valence-electron chi connectivity index (χ4n) is 2.61. The van der Waals surface area contributed by atoms with Gasteiger partial charge in [0.1, 0.15) is 5.69 Å². The van der Waals surface area contributed by atoms with Crippen molar-refractivity contribution in [1.29, 1.82) is 0 Å². The van der Waals surface area contributed by atoms with Gasteiger partial charge in [-0.2, -0.15) is 0 Å². The van der Waals surface area contributed by atoms with Crippen LogP contribution in [0.25, 0.3) is 0 Å². The number of ether oxygens (including phenoxy) is 2. The van der Waals surface area contributed by atoms with Crippen LogP contribution in [0.3, 0.4) is 0 Å². The fraction of sp³-hybridized carbons (Fsp3) is 0.571. The highest BCUT2D eigenvalue weighted by Crippen LogP contribution is 2.40. The fourth-order valence-corrected chi connectivity index (χ4v) is 2.61. The Balaban J connectivity index is 2.43. The summed E-state index contributed by atoms with van der Waals surface area (Å²) in [4.78, 5) is 12.8. The van der Waals surface area contributed by atoms with Crippen LogP contribution in [0, 0.1) is 16.0 Å². The smallest absolute Gasteiger partial charge is 0.296 e. The molecule has 2 rings (SSSR count). The van der Waals surface area contributed by atoms with E-state index in [0.717, 1.165) is 0 Å². The lowest BCUT2D eigenvalue weighted by Gasteiger charge is -2.35. The van der Waals surface area contributed by atoms with E-state index in [4.69, 9.17) is 9.47 Å². The van der Waals surface area contributed by atoms with Crippen molar-refractivity contribution >= 4 is 11.4 Å². The Morgan fingerprint density at radius 1 is 1.33 bits per heavy atom. The highest BCUT2D eigenvalue weighted by molar-refractivity contribution is 5.70. The van der Waals surface area contributed by atoms with Crippen molar-refractivity contribution in [1.82, 2.24) is 0 Å². The van der Waals surface area contributed by atoms with Crippen LogP contribution in [0.1, 0.15) is 13.3 Å². The van der Waals surface area contributed by atoms with Crippen LogP contribution in [0.15, 0.2) is 12.1 Å². The molecule has 1 heterocycles.